The second kappa shape index (κ2) is 7.82. The molecule has 1 heterocycles. The topological polar surface area (TPSA) is 38.3 Å². The van der Waals surface area contributed by atoms with Crippen LogP contribution < -0.4 is 10.1 Å². The Morgan fingerprint density at radius 3 is 2.90 bits per heavy atom. The number of hydrogen-bond acceptors (Lipinski definition) is 3. The Labute approximate surface area is 141 Å². The number of carbonyl (C=O) groups excluding carboxylic acids is 1. The fourth-order valence-corrected chi connectivity index (χ4v) is 3.40. The Hall–Kier alpha value is -1.04. The summed E-state index contributed by atoms with van der Waals surface area (Å²) in [6, 6.07) is 11.1. The van der Waals surface area contributed by atoms with Crippen molar-refractivity contribution < 1.29 is 9.53 Å². The Balaban J connectivity index is 1.77. The van der Waals surface area contributed by atoms with Crippen molar-refractivity contribution in [3.8, 4) is 5.75 Å². The lowest BCUT2D eigenvalue weighted by Gasteiger charge is -2.14. The van der Waals surface area contributed by atoms with E-state index in [0.717, 1.165) is 10.2 Å². The van der Waals surface area contributed by atoms with Gasteiger partial charge in [0.2, 0.25) is 0 Å². The summed E-state index contributed by atoms with van der Waals surface area (Å²) in [5.74, 6) is 0.456. The minimum absolute atomic E-state index is 0.134. The van der Waals surface area contributed by atoms with E-state index in [4.69, 9.17) is 16.3 Å². The first-order valence-corrected chi connectivity index (χ1v) is 8.47. The molecule has 1 amide bonds. The first-order chi connectivity index (χ1) is 10.0. The number of hydrogen-bond donors (Lipinski definition) is 1. The second-order valence-corrected chi connectivity index (χ2v) is 7.45. The van der Waals surface area contributed by atoms with Crippen LogP contribution in [-0.4, -0.2) is 18.6 Å². The molecule has 0 aliphatic rings. The molecular weight excluding hydrogens is 374 g/mol. The molecule has 1 unspecified atom stereocenters. The number of thiophene rings is 1. The normalized spacial score (nSPS) is 12.0. The van der Waals surface area contributed by atoms with Crippen molar-refractivity contribution in [3.05, 3.63) is 50.1 Å². The lowest BCUT2D eigenvalue weighted by atomic mass is 10.3. The molecule has 112 valence electrons. The zero-order valence-corrected chi connectivity index (χ0v) is 14.6. The fraction of sp³-hybridized carbons (Fsp3) is 0.267. The number of rotatable bonds is 6. The van der Waals surface area contributed by atoms with E-state index in [-0.39, 0.29) is 5.91 Å². The molecule has 1 aromatic carbocycles. The predicted molar refractivity (Wildman–Crippen MR) is 90.3 cm³/mol. The summed E-state index contributed by atoms with van der Waals surface area (Å²) in [5.41, 5.74) is 0. The molecule has 0 saturated heterocycles. The lowest BCUT2D eigenvalue weighted by Crippen LogP contribution is -2.37. The first kappa shape index (κ1) is 16.3. The largest absolute Gasteiger partial charge is 0.481 e. The minimum atomic E-state index is -0.557. The molecule has 2 aromatic rings. The van der Waals surface area contributed by atoms with Crippen molar-refractivity contribution in [2.75, 3.05) is 6.54 Å². The highest BCUT2D eigenvalue weighted by Crippen LogP contribution is 2.22. The zero-order chi connectivity index (χ0) is 15.2. The quantitative estimate of drug-likeness (QED) is 0.801. The van der Waals surface area contributed by atoms with Crippen LogP contribution in [0.1, 0.15) is 11.8 Å². The number of halogens is 2. The van der Waals surface area contributed by atoms with Gasteiger partial charge in [-0.3, -0.25) is 4.79 Å². The van der Waals surface area contributed by atoms with Gasteiger partial charge in [0.05, 0.1) is 3.79 Å². The summed E-state index contributed by atoms with van der Waals surface area (Å²) in [6.45, 7) is 2.31. The van der Waals surface area contributed by atoms with E-state index in [0.29, 0.717) is 17.3 Å². The summed E-state index contributed by atoms with van der Waals surface area (Å²) >= 11 is 11.0. The van der Waals surface area contributed by atoms with Gasteiger partial charge in [-0.1, -0.05) is 17.7 Å². The number of amides is 1. The first-order valence-electron chi connectivity index (χ1n) is 6.49. The van der Waals surface area contributed by atoms with Gasteiger partial charge in [-0.25, -0.2) is 0 Å². The maximum atomic E-state index is 12.0. The van der Waals surface area contributed by atoms with Crippen LogP contribution in [0.25, 0.3) is 0 Å². The number of carbonyl (C=O) groups is 1. The van der Waals surface area contributed by atoms with E-state index in [9.17, 15) is 4.79 Å². The van der Waals surface area contributed by atoms with Gasteiger partial charge in [0.25, 0.3) is 5.91 Å². The van der Waals surface area contributed by atoms with Crippen molar-refractivity contribution in [2.45, 2.75) is 19.4 Å². The van der Waals surface area contributed by atoms with Crippen molar-refractivity contribution in [3.63, 3.8) is 0 Å². The van der Waals surface area contributed by atoms with Crippen LogP contribution in [0.15, 0.2) is 40.2 Å². The molecule has 0 spiro atoms. The molecule has 1 atom stereocenters. The second-order valence-electron chi connectivity index (χ2n) is 4.46. The Morgan fingerprint density at radius 1 is 1.43 bits per heavy atom. The van der Waals surface area contributed by atoms with Gasteiger partial charge in [-0.2, -0.15) is 0 Å². The maximum absolute atomic E-state index is 12.0. The van der Waals surface area contributed by atoms with Gasteiger partial charge in [0, 0.05) is 16.4 Å². The average Bonchev–Trinajstić information content (AvgIpc) is 2.84. The van der Waals surface area contributed by atoms with Gasteiger partial charge in [-0.15, -0.1) is 11.3 Å². The molecule has 21 heavy (non-hydrogen) atoms. The van der Waals surface area contributed by atoms with E-state index in [2.05, 4.69) is 21.2 Å². The molecule has 1 N–H and O–H groups in total. The van der Waals surface area contributed by atoms with Gasteiger partial charge < -0.3 is 10.1 Å². The summed E-state index contributed by atoms with van der Waals surface area (Å²) in [6.07, 6.45) is 0.254. The maximum Gasteiger partial charge on any atom is 0.260 e. The Morgan fingerprint density at radius 2 is 2.24 bits per heavy atom. The van der Waals surface area contributed by atoms with E-state index in [1.54, 1.807) is 42.5 Å². The number of benzene rings is 1. The molecule has 0 fully saturated rings. The monoisotopic (exact) mass is 387 g/mol. The highest BCUT2D eigenvalue weighted by molar-refractivity contribution is 9.11. The van der Waals surface area contributed by atoms with Crippen LogP contribution in [0.3, 0.4) is 0 Å². The smallest absolute Gasteiger partial charge is 0.260 e. The van der Waals surface area contributed by atoms with Gasteiger partial charge in [0.15, 0.2) is 6.10 Å². The van der Waals surface area contributed by atoms with Crippen LogP contribution in [0, 0.1) is 0 Å². The molecule has 0 saturated carbocycles. The highest BCUT2D eigenvalue weighted by Gasteiger charge is 2.14. The summed E-state index contributed by atoms with van der Waals surface area (Å²) in [4.78, 5) is 13.2. The molecule has 0 aliphatic carbocycles. The standard InChI is InChI=1S/C15H15BrClNO2S/c1-10(20-12-4-2-3-11(17)9-12)15(19)18-8-7-13-5-6-14(16)21-13/h2-6,9-10H,7-8H2,1H3,(H,18,19). The molecular formula is C15H15BrClNO2S. The van der Waals surface area contributed by atoms with E-state index < -0.39 is 6.10 Å². The molecule has 2 rings (SSSR count). The zero-order valence-electron chi connectivity index (χ0n) is 11.4. The van der Waals surface area contributed by atoms with E-state index in [1.807, 2.05) is 12.1 Å². The molecule has 0 bridgehead atoms. The number of ether oxygens (including phenoxy) is 1. The molecule has 0 aliphatic heterocycles. The summed E-state index contributed by atoms with van der Waals surface area (Å²) in [7, 11) is 0. The van der Waals surface area contributed by atoms with Crippen molar-refractivity contribution in [1.29, 1.82) is 0 Å². The average molecular weight is 389 g/mol. The molecule has 6 heteroatoms. The van der Waals surface area contributed by atoms with Crippen molar-refractivity contribution in [2.24, 2.45) is 0 Å². The van der Waals surface area contributed by atoms with Gasteiger partial charge in [0.1, 0.15) is 5.75 Å². The molecule has 3 nitrogen and oxygen atoms in total. The Bertz CT molecular complexity index is 617. The van der Waals surface area contributed by atoms with Crippen LogP contribution >= 0.6 is 38.9 Å². The third kappa shape index (κ3) is 5.34. The fourth-order valence-electron chi connectivity index (χ4n) is 1.74. The van der Waals surface area contributed by atoms with Gasteiger partial charge in [-0.05, 0) is 59.6 Å². The van der Waals surface area contributed by atoms with Crippen LogP contribution in [0.5, 0.6) is 5.75 Å². The predicted octanol–water partition coefficient (Wildman–Crippen LogP) is 4.29. The van der Waals surface area contributed by atoms with Crippen LogP contribution in [0.2, 0.25) is 5.02 Å². The van der Waals surface area contributed by atoms with Crippen LogP contribution in [0.4, 0.5) is 0 Å². The van der Waals surface area contributed by atoms with Crippen molar-refractivity contribution >= 4 is 44.8 Å². The lowest BCUT2D eigenvalue weighted by molar-refractivity contribution is -0.127. The van der Waals surface area contributed by atoms with Gasteiger partial charge >= 0.3 is 0 Å². The highest BCUT2D eigenvalue weighted by atomic mass is 79.9. The third-order valence-corrected chi connectivity index (χ3v) is 4.70. The number of nitrogens with one attached hydrogen (secondary N) is 1. The SMILES string of the molecule is CC(Oc1cccc(Cl)c1)C(=O)NCCc1ccc(Br)s1. The molecule has 1 aromatic heterocycles. The third-order valence-electron chi connectivity index (χ3n) is 2.78. The van der Waals surface area contributed by atoms with Crippen LogP contribution in [-0.2, 0) is 11.2 Å². The minimum Gasteiger partial charge on any atom is -0.481 e. The van der Waals surface area contributed by atoms with E-state index in [1.165, 1.54) is 4.88 Å². The molecule has 0 radical (unpaired) electrons. The summed E-state index contributed by atoms with van der Waals surface area (Å²) in [5, 5.41) is 3.46. The van der Waals surface area contributed by atoms with E-state index >= 15 is 0 Å². The van der Waals surface area contributed by atoms with Crippen molar-refractivity contribution in [1.82, 2.24) is 5.32 Å². The summed E-state index contributed by atoms with van der Waals surface area (Å²) < 4.78 is 6.66. The Kier molecular flexibility index (Phi) is 6.08.